The molecule has 2 aromatic carbocycles. The van der Waals surface area contributed by atoms with Crippen LogP contribution in [-0.4, -0.2) is 44.9 Å². The quantitative estimate of drug-likeness (QED) is 0.602. The van der Waals surface area contributed by atoms with Crippen LogP contribution in [-0.2, 0) is 27.0 Å². The van der Waals surface area contributed by atoms with E-state index in [4.69, 9.17) is 4.74 Å². The van der Waals surface area contributed by atoms with Crippen LogP contribution in [0.5, 0.6) is 5.75 Å². The van der Waals surface area contributed by atoms with Crippen LogP contribution in [0.1, 0.15) is 36.5 Å². The molecule has 0 aromatic heterocycles. The highest BCUT2D eigenvalue weighted by atomic mass is 32.2. The number of carbonyl (C=O) groups excluding carboxylic acids is 1. The maximum atomic E-state index is 12.7. The molecule has 0 saturated carbocycles. The number of ether oxygens (including phenoxy) is 1. The summed E-state index contributed by atoms with van der Waals surface area (Å²) in [5, 5.41) is 2.91. The molecule has 168 valence electrons. The summed E-state index contributed by atoms with van der Waals surface area (Å²) < 4.78 is 32.6. The van der Waals surface area contributed by atoms with E-state index in [0.717, 1.165) is 23.3 Å². The number of piperidine rings is 1. The lowest BCUT2D eigenvalue weighted by atomic mass is 9.97. The van der Waals surface area contributed by atoms with Gasteiger partial charge in [-0.1, -0.05) is 48.9 Å². The van der Waals surface area contributed by atoms with E-state index in [1.165, 1.54) is 9.87 Å². The molecule has 1 fully saturated rings. The minimum atomic E-state index is -3.37. The first kappa shape index (κ1) is 23.3. The highest BCUT2D eigenvalue weighted by Crippen LogP contribution is 2.22. The molecule has 1 N–H and O–H groups in total. The van der Waals surface area contributed by atoms with Crippen LogP contribution < -0.4 is 10.1 Å². The average molecular weight is 445 g/mol. The summed E-state index contributed by atoms with van der Waals surface area (Å²) in [6.07, 6.45) is 2.07. The van der Waals surface area contributed by atoms with Gasteiger partial charge in [-0.15, -0.1) is 0 Å². The molecule has 0 bridgehead atoms. The molecule has 2 aromatic rings. The maximum Gasteiger partial charge on any atom is 0.223 e. The highest BCUT2D eigenvalue weighted by Gasteiger charge is 2.31. The second-order valence-electron chi connectivity index (χ2n) is 8.05. The van der Waals surface area contributed by atoms with E-state index in [-0.39, 0.29) is 17.6 Å². The first-order valence-corrected chi connectivity index (χ1v) is 12.5. The Morgan fingerprint density at radius 3 is 2.26 bits per heavy atom. The Kier molecular flexibility index (Phi) is 8.09. The predicted octanol–water partition coefficient (Wildman–Crippen LogP) is 3.29. The molecule has 6 nitrogen and oxygen atoms in total. The number of sulfonamides is 1. The van der Waals surface area contributed by atoms with Crippen molar-refractivity contribution in [2.75, 3.05) is 26.2 Å². The molecule has 1 saturated heterocycles. The van der Waals surface area contributed by atoms with Crippen LogP contribution >= 0.6 is 0 Å². The number of nitrogens with one attached hydrogen (secondary N) is 1. The fraction of sp³-hybridized carbons (Fsp3) is 0.458. The van der Waals surface area contributed by atoms with Crippen LogP contribution in [0.3, 0.4) is 0 Å². The maximum absolute atomic E-state index is 12.7. The Bertz CT molecular complexity index is 948. The Hall–Kier alpha value is -2.38. The zero-order valence-electron chi connectivity index (χ0n) is 18.3. The Morgan fingerprint density at radius 1 is 1.03 bits per heavy atom. The molecule has 31 heavy (non-hydrogen) atoms. The third-order valence-corrected chi connectivity index (χ3v) is 7.54. The van der Waals surface area contributed by atoms with E-state index in [1.54, 1.807) is 0 Å². The van der Waals surface area contributed by atoms with E-state index < -0.39 is 10.0 Å². The summed E-state index contributed by atoms with van der Waals surface area (Å²) in [4.78, 5) is 12.4. The van der Waals surface area contributed by atoms with Crippen molar-refractivity contribution >= 4 is 15.9 Å². The van der Waals surface area contributed by atoms with Crippen molar-refractivity contribution in [1.82, 2.24) is 9.62 Å². The molecule has 0 atom stereocenters. The van der Waals surface area contributed by atoms with Crippen molar-refractivity contribution in [2.24, 2.45) is 5.92 Å². The smallest absolute Gasteiger partial charge is 0.223 e. The van der Waals surface area contributed by atoms with E-state index in [1.807, 2.05) is 55.5 Å². The largest absolute Gasteiger partial charge is 0.492 e. The minimum absolute atomic E-state index is 0.000712. The molecule has 1 aliphatic heterocycles. The molecule has 0 radical (unpaired) electrons. The van der Waals surface area contributed by atoms with Gasteiger partial charge in [0.15, 0.2) is 0 Å². The Balaban J connectivity index is 1.39. The van der Waals surface area contributed by atoms with Crippen LogP contribution in [0.15, 0.2) is 48.5 Å². The zero-order valence-corrected chi connectivity index (χ0v) is 19.2. The van der Waals surface area contributed by atoms with Gasteiger partial charge >= 0.3 is 0 Å². The average Bonchev–Trinajstić information content (AvgIpc) is 2.78. The highest BCUT2D eigenvalue weighted by molar-refractivity contribution is 7.88. The number of benzene rings is 2. The summed E-state index contributed by atoms with van der Waals surface area (Å²) in [6.45, 7) is 5.68. The summed E-state index contributed by atoms with van der Waals surface area (Å²) in [5.74, 6) is 0.606. The second-order valence-corrected chi connectivity index (χ2v) is 10.0. The number of amides is 1. The lowest BCUT2D eigenvalue weighted by molar-refractivity contribution is -0.126. The van der Waals surface area contributed by atoms with Crippen LogP contribution in [0, 0.1) is 12.8 Å². The van der Waals surface area contributed by atoms with Crippen LogP contribution in [0.2, 0.25) is 0 Å². The minimum Gasteiger partial charge on any atom is -0.492 e. The third-order valence-electron chi connectivity index (χ3n) is 5.69. The van der Waals surface area contributed by atoms with Crippen molar-refractivity contribution in [3.63, 3.8) is 0 Å². The summed E-state index contributed by atoms with van der Waals surface area (Å²) in [5.41, 5.74) is 3.15. The number of carbonyl (C=O) groups is 1. The fourth-order valence-electron chi connectivity index (χ4n) is 3.69. The van der Waals surface area contributed by atoms with Crippen LogP contribution in [0.25, 0.3) is 0 Å². The monoisotopic (exact) mass is 444 g/mol. The van der Waals surface area contributed by atoms with Gasteiger partial charge in [-0.05, 0) is 49.4 Å². The first-order valence-electron chi connectivity index (χ1n) is 10.9. The number of nitrogens with zero attached hydrogens (tertiary/aromatic N) is 1. The molecule has 1 heterocycles. The zero-order chi connectivity index (χ0) is 22.3. The lowest BCUT2D eigenvalue weighted by Gasteiger charge is -2.30. The van der Waals surface area contributed by atoms with Crippen molar-refractivity contribution in [1.29, 1.82) is 0 Å². The topological polar surface area (TPSA) is 75.7 Å². The third kappa shape index (κ3) is 6.80. The van der Waals surface area contributed by atoms with Gasteiger partial charge < -0.3 is 10.1 Å². The normalized spacial score (nSPS) is 15.5. The second kappa shape index (κ2) is 10.8. The van der Waals surface area contributed by atoms with E-state index >= 15 is 0 Å². The molecular formula is C24H32N2O4S. The van der Waals surface area contributed by atoms with Gasteiger partial charge in [-0.3, -0.25) is 4.79 Å². The van der Waals surface area contributed by atoms with E-state index in [2.05, 4.69) is 12.2 Å². The molecule has 0 aliphatic carbocycles. The molecule has 0 unspecified atom stereocenters. The SMILES string of the molecule is CCc1ccc(OCCNC(=O)C2CCN(S(=O)(=O)Cc3ccc(C)cc3)CC2)cc1. The number of hydrogen-bond donors (Lipinski definition) is 1. The van der Waals surface area contributed by atoms with Gasteiger partial charge in [0, 0.05) is 19.0 Å². The number of aryl methyl sites for hydroxylation is 2. The summed E-state index contributed by atoms with van der Waals surface area (Å²) in [7, 11) is -3.37. The Morgan fingerprint density at radius 2 is 1.65 bits per heavy atom. The fourth-order valence-corrected chi connectivity index (χ4v) is 5.25. The van der Waals surface area contributed by atoms with Crippen molar-refractivity contribution in [3.05, 3.63) is 65.2 Å². The molecule has 0 spiro atoms. The van der Waals surface area contributed by atoms with Gasteiger partial charge in [0.1, 0.15) is 12.4 Å². The number of hydrogen-bond acceptors (Lipinski definition) is 4. The van der Waals surface area contributed by atoms with Gasteiger partial charge in [-0.25, -0.2) is 12.7 Å². The van der Waals surface area contributed by atoms with Crippen molar-refractivity contribution in [2.45, 2.75) is 38.9 Å². The van der Waals surface area contributed by atoms with E-state index in [9.17, 15) is 13.2 Å². The molecule has 1 aliphatic rings. The molecule has 7 heteroatoms. The lowest BCUT2D eigenvalue weighted by Crippen LogP contribution is -2.43. The van der Waals surface area contributed by atoms with Crippen molar-refractivity contribution in [3.8, 4) is 5.75 Å². The van der Waals surface area contributed by atoms with E-state index in [0.29, 0.717) is 39.1 Å². The molecular weight excluding hydrogens is 412 g/mol. The van der Waals surface area contributed by atoms with Gasteiger partial charge in [0.25, 0.3) is 0 Å². The van der Waals surface area contributed by atoms with Gasteiger partial charge in [0.05, 0.1) is 12.3 Å². The number of rotatable bonds is 9. The van der Waals surface area contributed by atoms with Crippen LogP contribution in [0.4, 0.5) is 0 Å². The molecule has 1 amide bonds. The predicted molar refractivity (Wildman–Crippen MR) is 122 cm³/mol. The Labute approximate surface area is 185 Å². The van der Waals surface area contributed by atoms with Crippen molar-refractivity contribution < 1.29 is 17.9 Å². The van der Waals surface area contributed by atoms with Gasteiger partial charge in [-0.2, -0.15) is 0 Å². The molecule has 3 rings (SSSR count). The summed E-state index contributed by atoms with van der Waals surface area (Å²) in [6, 6.07) is 15.5. The van der Waals surface area contributed by atoms with Gasteiger partial charge in [0.2, 0.25) is 15.9 Å². The standard InChI is InChI=1S/C24H32N2O4S/c1-3-20-8-10-23(11-9-20)30-17-14-25-24(27)22-12-15-26(16-13-22)31(28,29)18-21-6-4-19(2)5-7-21/h4-11,22H,3,12-18H2,1-2H3,(H,25,27). The summed E-state index contributed by atoms with van der Waals surface area (Å²) >= 11 is 0. The first-order chi connectivity index (χ1) is 14.9.